The molecule has 0 fully saturated rings. The van der Waals surface area contributed by atoms with Crippen LogP contribution in [0.5, 0.6) is 0 Å². The third-order valence-electron chi connectivity index (χ3n) is 3.31. The van der Waals surface area contributed by atoms with Crippen molar-refractivity contribution in [3.8, 4) is 23.3 Å². The highest BCUT2D eigenvalue weighted by Crippen LogP contribution is 2.24. The highest BCUT2D eigenvalue weighted by Gasteiger charge is 2.07. The zero-order valence-corrected chi connectivity index (χ0v) is 11.9. The molecule has 104 valence electrons. The largest absolute Gasteiger partial charge is 0.369 e. The van der Waals surface area contributed by atoms with E-state index in [1.54, 1.807) is 0 Å². The van der Waals surface area contributed by atoms with Crippen molar-refractivity contribution < 1.29 is 0 Å². The summed E-state index contributed by atoms with van der Waals surface area (Å²) in [4.78, 5) is 2.10. The molecule has 0 heterocycles. The van der Waals surface area contributed by atoms with Crippen molar-refractivity contribution in [2.45, 2.75) is 12.8 Å². The van der Waals surface area contributed by atoms with E-state index in [0.29, 0.717) is 25.9 Å². The number of hydrogen-bond donors (Lipinski definition) is 0. The third kappa shape index (κ3) is 4.09. The summed E-state index contributed by atoms with van der Waals surface area (Å²) in [6.45, 7) is 1.30. The van der Waals surface area contributed by atoms with Gasteiger partial charge in [-0.3, -0.25) is 0 Å². The normalized spacial score (nSPS) is 9.62. The van der Waals surface area contributed by atoms with Crippen molar-refractivity contribution in [1.29, 1.82) is 10.5 Å². The molecule has 0 spiro atoms. The maximum Gasteiger partial charge on any atom is 0.0640 e. The predicted molar refractivity (Wildman–Crippen MR) is 84.6 cm³/mol. The average Bonchev–Trinajstić information content (AvgIpc) is 2.56. The summed E-state index contributed by atoms with van der Waals surface area (Å²) in [5.41, 5.74) is 3.37. The lowest BCUT2D eigenvalue weighted by molar-refractivity contribution is 0.797. The van der Waals surface area contributed by atoms with Crippen molar-refractivity contribution in [2.75, 3.05) is 18.0 Å². The van der Waals surface area contributed by atoms with Crippen molar-refractivity contribution in [1.82, 2.24) is 0 Å². The van der Waals surface area contributed by atoms with Crippen LogP contribution in [0.4, 0.5) is 5.69 Å². The standard InChI is InChI=1S/C18H17N3/c19-11-5-13-21(14-6-12-20)18-10-4-9-17(15-18)16-7-2-1-3-8-16/h1-4,7-10,15H,5-6,13-14H2. The van der Waals surface area contributed by atoms with E-state index in [9.17, 15) is 0 Å². The lowest BCUT2D eigenvalue weighted by Gasteiger charge is -2.23. The number of anilines is 1. The Morgan fingerprint density at radius 1 is 0.762 bits per heavy atom. The quantitative estimate of drug-likeness (QED) is 0.801. The number of nitriles is 2. The van der Waals surface area contributed by atoms with Crippen LogP contribution in [0.3, 0.4) is 0 Å². The van der Waals surface area contributed by atoms with Gasteiger partial charge in [0.05, 0.1) is 25.0 Å². The maximum atomic E-state index is 8.78. The van der Waals surface area contributed by atoms with Crippen LogP contribution in [-0.4, -0.2) is 13.1 Å². The SMILES string of the molecule is N#CCCN(CCC#N)c1cccc(-c2ccccc2)c1. The fourth-order valence-electron chi connectivity index (χ4n) is 2.25. The average molecular weight is 275 g/mol. The number of nitrogens with zero attached hydrogens (tertiary/aromatic N) is 3. The van der Waals surface area contributed by atoms with Crippen LogP contribution in [0.25, 0.3) is 11.1 Å². The van der Waals surface area contributed by atoms with Crippen molar-refractivity contribution in [3.63, 3.8) is 0 Å². The maximum absolute atomic E-state index is 8.78. The minimum Gasteiger partial charge on any atom is -0.369 e. The minimum absolute atomic E-state index is 0.459. The van der Waals surface area contributed by atoms with Crippen LogP contribution in [0.15, 0.2) is 54.6 Å². The van der Waals surface area contributed by atoms with Crippen LogP contribution >= 0.6 is 0 Å². The molecular formula is C18H17N3. The first kappa shape index (κ1) is 14.6. The summed E-state index contributed by atoms with van der Waals surface area (Å²) in [7, 11) is 0. The van der Waals surface area contributed by atoms with E-state index in [4.69, 9.17) is 10.5 Å². The Bertz CT molecular complexity index is 632. The molecule has 0 bridgehead atoms. The van der Waals surface area contributed by atoms with Gasteiger partial charge in [0.25, 0.3) is 0 Å². The Morgan fingerprint density at radius 3 is 2.00 bits per heavy atom. The molecule has 0 aliphatic carbocycles. The Balaban J connectivity index is 2.25. The van der Waals surface area contributed by atoms with E-state index < -0.39 is 0 Å². The molecule has 2 aromatic carbocycles. The summed E-state index contributed by atoms with van der Waals surface area (Å²) in [6, 6.07) is 22.8. The molecular weight excluding hydrogens is 258 g/mol. The predicted octanol–water partition coefficient (Wildman–Crippen LogP) is 3.99. The van der Waals surface area contributed by atoms with Gasteiger partial charge in [0.1, 0.15) is 0 Å². The van der Waals surface area contributed by atoms with Gasteiger partial charge in [-0.2, -0.15) is 10.5 Å². The summed E-state index contributed by atoms with van der Waals surface area (Å²) >= 11 is 0. The zero-order chi connectivity index (χ0) is 14.9. The first-order chi connectivity index (χ1) is 10.3. The van der Waals surface area contributed by atoms with Gasteiger partial charge >= 0.3 is 0 Å². The molecule has 0 atom stereocenters. The second-order valence-corrected chi connectivity index (χ2v) is 4.72. The van der Waals surface area contributed by atoms with E-state index in [1.807, 2.05) is 30.3 Å². The van der Waals surface area contributed by atoms with Crippen LogP contribution in [-0.2, 0) is 0 Å². The van der Waals surface area contributed by atoms with Gasteiger partial charge in [-0.1, -0.05) is 42.5 Å². The number of benzene rings is 2. The van der Waals surface area contributed by atoms with Crippen molar-refractivity contribution in [3.05, 3.63) is 54.6 Å². The highest BCUT2D eigenvalue weighted by molar-refractivity contribution is 5.68. The first-order valence-electron chi connectivity index (χ1n) is 6.99. The molecule has 2 aromatic rings. The van der Waals surface area contributed by atoms with Gasteiger partial charge in [0.2, 0.25) is 0 Å². The molecule has 3 heteroatoms. The van der Waals surface area contributed by atoms with Crippen LogP contribution in [0, 0.1) is 22.7 Å². The van der Waals surface area contributed by atoms with Crippen LogP contribution < -0.4 is 4.90 Å². The fourth-order valence-corrected chi connectivity index (χ4v) is 2.25. The lowest BCUT2D eigenvalue weighted by atomic mass is 10.0. The Labute approximate surface area is 125 Å². The molecule has 0 saturated carbocycles. The van der Waals surface area contributed by atoms with E-state index >= 15 is 0 Å². The van der Waals surface area contributed by atoms with Gasteiger partial charge in [-0.25, -0.2) is 0 Å². The molecule has 0 aliphatic heterocycles. The van der Waals surface area contributed by atoms with Crippen molar-refractivity contribution in [2.24, 2.45) is 0 Å². The molecule has 21 heavy (non-hydrogen) atoms. The smallest absolute Gasteiger partial charge is 0.0640 e. The van der Waals surface area contributed by atoms with Gasteiger partial charge < -0.3 is 4.90 Å². The second-order valence-electron chi connectivity index (χ2n) is 4.72. The fraction of sp³-hybridized carbons (Fsp3) is 0.222. The van der Waals surface area contributed by atoms with E-state index in [-0.39, 0.29) is 0 Å². The zero-order valence-electron chi connectivity index (χ0n) is 11.9. The monoisotopic (exact) mass is 275 g/mol. The molecule has 3 nitrogen and oxygen atoms in total. The molecule has 0 amide bonds. The minimum atomic E-state index is 0.459. The number of hydrogen-bond acceptors (Lipinski definition) is 3. The molecule has 0 N–H and O–H groups in total. The Hall–Kier alpha value is -2.78. The molecule has 0 aliphatic rings. The van der Waals surface area contributed by atoms with Gasteiger partial charge in [-0.15, -0.1) is 0 Å². The summed E-state index contributed by atoms with van der Waals surface area (Å²) in [5, 5.41) is 17.6. The molecule has 0 radical (unpaired) electrons. The molecule has 0 unspecified atom stereocenters. The summed E-state index contributed by atoms with van der Waals surface area (Å²) < 4.78 is 0. The Kier molecular flexibility index (Phi) is 5.38. The van der Waals surface area contributed by atoms with Crippen LogP contribution in [0.1, 0.15) is 12.8 Å². The third-order valence-corrected chi connectivity index (χ3v) is 3.31. The molecule has 2 rings (SSSR count). The second kappa shape index (κ2) is 7.72. The topological polar surface area (TPSA) is 50.8 Å². The molecule has 0 saturated heterocycles. The summed E-state index contributed by atoms with van der Waals surface area (Å²) in [5.74, 6) is 0. The van der Waals surface area contributed by atoms with Gasteiger partial charge in [-0.05, 0) is 23.3 Å². The lowest BCUT2D eigenvalue weighted by Crippen LogP contribution is -2.25. The Morgan fingerprint density at radius 2 is 1.38 bits per heavy atom. The van der Waals surface area contributed by atoms with Crippen LogP contribution in [0.2, 0.25) is 0 Å². The first-order valence-corrected chi connectivity index (χ1v) is 6.99. The summed E-state index contributed by atoms with van der Waals surface area (Å²) in [6.07, 6.45) is 0.919. The highest BCUT2D eigenvalue weighted by atomic mass is 15.1. The van der Waals surface area contributed by atoms with E-state index in [0.717, 1.165) is 11.3 Å². The van der Waals surface area contributed by atoms with Gasteiger partial charge in [0, 0.05) is 18.8 Å². The van der Waals surface area contributed by atoms with Crippen molar-refractivity contribution >= 4 is 5.69 Å². The number of rotatable bonds is 6. The molecule has 0 aromatic heterocycles. The van der Waals surface area contributed by atoms with Gasteiger partial charge in [0.15, 0.2) is 0 Å². The van der Waals surface area contributed by atoms with E-state index in [1.165, 1.54) is 5.56 Å². The van der Waals surface area contributed by atoms with E-state index in [2.05, 4.69) is 41.3 Å².